The van der Waals surface area contributed by atoms with Crippen LogP contribution in [0.5, 0.6) is 0 Å². The Morgan fingerprint density at radius 3 is 2.38 bits per heavy atom. The molecular formula is C25H19Cl2N5. The van der Waals surface area contributed by atoms with Crippen LogP contribution in [0.4, 0.5) is 5.82 Å². The summed E-state index contributed by atoms with van der Waals surface area (Å²) >= 11 is 12.3. The lowest BCUT2D eigenvalue weighted by molar-refractivity contribution is 0.965. The van der Waals surface area contributed by atoms with Gasteiger partial charge in [0, 0.05) is 22.6 Å². The number of aryl methyl sites for hydroxylation is 1. The maximum Gasteiger partial charge on any atom is 0.142 e. The summed E-state index contributed by atoms with van der Waals surface area (Å²) in [5.74, 6) is 0.142. The second-order valence-corrected chi connectivity index (χ2v) is 8.58. The van der Waals surface area contributed by atoms with E-state index in [2.05, 4.69) is 27.8 Å². The predicted molar refractivity (Wildman–Crippen MR) is 129 cm³/mol. The maximum absolute atomic E-state index is 9.77. The number of aromatic nitrogens is 2. The molecule has 4 rings (SSSR count). The van der Waals surface area contributed by atoms with Crippen molar-refractivity contribution < 1.29 is 0 Å². The average molecular weight is 460 g/mol. The predicted octanol–water partition coefficient (Wildman–Crippen LogP) is 6.41. The number of hydrogen-bond acceptors (Lipinski definition) is 4. The maximum atomic E-state index is 9.77. The standard InChI is InChI=1S/C25H19Cl2N5/c1-12-7-16(15(4)32(12)17-5-6-21(26)22(27)9-17)8-18-13(2)19(10-28)24-23(18)14(3)20(11-29)25(30)31-24/h5-9H,1-4H3,(H2,30,31)/b18-8+. The summed E-state index contributed by atoms with van der Waals surface area (Å²) < 4.78 is 2.10. The van der Waals surface area contributed by atoms with Gasteiger partial charge in [-0.2, -0.15) is 10.5 Å². The van der Waals surface area contributed by atoms with Gasteiger partial charge in [-0.15, -0.1) is 0 Å². The molecule has 2 N–H and O–H groups in total. The first-order valence-electron chi connectivity index (χ1n) is 9.87. The third-order valence-electron chi connectivity index (χ3n) is 5.92. The Hall–Kier alpha value is -3.51. The molecule has 0 saturated heterocycles. The fraction of sp³-hybridized carbons (Fsp3) is 0.160. The van der Waals surface area contributed by atoms with Crippen LogP contribution in [0.25, 0.3) is 22.9 Å². The quantitative estimate of drug-likeness (QED) is 0.478. The van der Waals surface area contributed by atoms with Gasteiger partial charge in [-0.3, -0.25) is 0 Å². The Labute approximate surface area is 196 Å². The highest BCUT2D eigenvalue weighted by Gasteiger charge is 2.30. The van der Waals surface area contributed by atoms with Crippen molar-refractivity contribution >= 4 is 46.2 Å². The first-order chi connectivity index (χ1) is 15.2. The number of benzene rings is 1. The molecule has 0 aliphatic heterocycles. The minimum atomic E-state index is 0.142. The lowest BCUT2D eigenvalue weighted by atomic mass is 9.95. The fourth-order valence-corrected chi connectivity index (χ4v) is 4.60. The van der Waals surface area contributed by atoms with Crippen LogP contribution < -0.4 is 5.73 Å². The molecule has 2 aromatic heterocycles. The number of allylic oxidation sites excluding steroid dienone is 3. The SMILES string of the molecule is CC1=C(C#N)c2nc(N)c(C#N)c(C)c2/C1=C/c1cc(C)n(-c2ccc(Cl)c(Cl)c2)c1C. The van der Waals surface area contributed by atoms with Gasteiger partial charge < -0.3 is 10.3 Å². The van der Waals surface area contributed by atoms with Crippen LogP contribution in [-0.4, -0.2) is 9.55 Å². The van der Waals surface area contributed by atoms with Crippen molar-refractivity contribution in [3.05, 3.63) is 79.2 Å². The van der Waals surface area contributed by atoms with Crippen LogP contribution >= 0.6 is 23.2 Å². The molecule has 158 valence electrons. The number of anilines is 1. The monoisotopic (exact) mass is 459 g/mol. The number of halogens is 2. The topological polar surface area (TPSA) is 91.4 Å². The minimum Gasteiger partial charge on any atom is -0.383 e. The number of nitrogens with zero attached hydrogens (tertiary/aromatic N) is 4. The number of hydrogen-bond donors (Lipinski definition) is 1. The molecule has 0 spiro atoms. The summed E-state index contributed by atoms with van der Waals surface area (Å²) in [6.07, 6.45) is 2.04. The normalized spacial score (nSPS) is 13.9. The van der Waals surface area contributed by atoms with Crippen LogP contribution in [-0.2, 0) is 0 Å². The Bertz CT molecular complexity index is 1460. The third kappa shape index (κ3) is 3.19. The number of pyridine rings is 1. The van der Waals surface area contributed by atoms with E-state index < -0.39 is 0 Å². The molecule has 0 atom stereocenters. The van der Waals surface area contributed by atoms with Crippen LogP contribution in [0.2, 0.25) is 10.0 Å². The van der Waals surface area contributed by atoms with E-state index in [9.17, 15) is 10.5 Å². The molecule has 3 aromatic rings. The Morgan fingerprint density at radius 2 is 1.75 bits per heavy atom. The number of nitriles is 2. The average Bonchev–Trinajstić information content (AvgIpc) is 3.17. The molecular weight excluding hydrogens is 441 g/mol. The molecule has 0 saturated carbocycles. The molecule has 0 unspecified atom stereocenters. The molecule has 7 heteroatoms. The van der Waals surface area contributed by atoms with E-state index >= 15 is 0 Å². The van der Waals surface area contributed by atoms with E-state index in [0.717, 1.165) is 44.9 Å². The van der Waals surface area contributed by atoms with Crippen LogP contribution in [0.15, 0.2) is 29.8 Å². The number of rotatable bonds is 2. The van der Waals surface area contributed by atoms with Crippen molar-refractivity contribution in [2.75, 3.05) is 5.73 Å². The smallest absolute Gasteiger partial charge is 0.142 e. The Balaban J connectivity index is 1.95. The second kappa shape index (κ2) is 7.88. The van der Waals surface area contributed by atoms with E-state index in [0.29, 0.717) is 26.9 Å². The zero-order valence-corrected chi connectivity index (χ0v) is 19.5. The van der Waals surface area contributed by atoms with Gasteiger partial charge in [0.1, 0.15) is 18.0 Å². The second-order valence-electron chi connectivity index (χ2n) is 7.76. The summed E-state index contributed by atoms with van der Waals surface area (Å²) in [7, 11) is 0. The lowest BCUT2D eigenvalue weighted by Crippen LogP contribution is -2.03. The van der Waals surface area contributed by atoms with Gasteiger partial charge in [0.05, 0.1) is 26.9 Å². The van der Waals surface area contributed by atoms with E-state index in [1.54, 1.807) is 6.07 Å². The fourth-order valence-electron chi connectivity index (χ4n) is 4.31. The molecule has 1 aliphatic carbocycles. The Morgan fingerprint density at radius 1 is 1.03 bits per heavy atom. The zero-order valence-electron chi connectivity index (χ0n) is 18.0. The number of nitrogen functional groups attached to an aromatic ring is 1. The molecule has 0 amide bonds. The van der Waals surface area contributed by atoms with Crippen LogP contribution in [0, 0.1) is 43.4 Å². The van der Waals surface area contributed by atoms with Crippen molar-refractivity contribution in [2.45, 2.75) is 27.7 Å². The van der Waals surface area contributed by atoms with Gasteiger partial charge in [0.2, 0.25) is 0 Å². The van der Waals surface area contributed by atoms with Crippen LogP contribution in [0.1, 0.15) is 46.3 Å². The van der Waals surface area contributed by atoms with Crippen molar-refractivity contribution in [1.29, 1.82) is 10.5 Å². The third-order valence-corrected chi connectivity index (χ3v) is 6.65. The molecule has 5 nitrogen and oxygen atoms in total. The van der Waals surface area contributed by atoms with E-state index in [4.69, 9.17) is 28.9 Å². The highest BCUT2D eigenvalue weighted by Crippen LogP contribution is 2.44. The van der Waals surface area contributed by atoms with E-state index in [1.165, 1.54) is 0 Å². The van der Waals surface area contributed by atoms with Gasteiger partial charge in [-0.05, 0) is 80.3 Å². The molecule has 0 bridgehead atoms. The summed E-state index contributed by atoms with van der Waals surface area (Å²) in [6.45, 7) is 7.78. The highest BCUT2D eigenvalue weighted by molar-refractivity contribution is 6.42. The number of nitrogens with two attached hydrogens (primary N) is 1. The molecule has 2 heterocycles. The first-order valence-corrected chi connectivity index (χ1v) is 10.6. The van der Waals surface area contributed by atoms with Gasteiger partial charge in [0.15, 0.2) is 0 Å². The van der Waals surface area contributed by atoms with Crippen LogP contribution in [0.3, 0.4) is 0 Å². The molecule has 0 fully saturated rings. The van der Waals surface area contributed by atoms with Crippen molar-refractivity contribution in [1.82, 2.24) is 9.55 Å². The summed E-state index contributed by atoms with van der Waals surface area (Å²) in [5.41, 5.74) is 14.5. The largest absolute Gasteiger partial charge is 0.383 e. The summed E-state index contributed by atoms with van der Waals surface area (Å²) in [5, 5.41) is 20.3. The van der Waals surface area contributed by atoms with Gasteiger partial charge in [-0.1, -0.05) is 23.2 Å². The van der Waals surface area contributed by atoms with Crippen molar-refractivity contribution in [3.63, 3.8) is 0 Å². The lowest BCUT2D eigenvalue weighted by Gasteiger charge is -2.12. The molecule has 1 aliphatic rings. The highest BCUT2D eigenvalue weighted by atomic mass is 35.5. The molecule has 32 heavy (non-hydrogen) atoms. The van der Waals surface area contributed by atoms with Crippen molar-refractivity contribution in [2.24, 2.45) is 0 Å². The van der Waals surface area contributed by atoms with E-state index in [1.807, 2.05) is 45.9 Å². The summed E-state index contributed by atoms with van der Waals surface area (Å²) in [4.78, 5) is 4.39. The van der Waals surface area contributed by atoms with E-state index in [-0.39, 0.29) is 5.82 Å². The van der Waals surface area contributed by atoms with Gasteiger partial charge >= 0.3 is 0 Å². The number of fused-ring (bicyclic) bond motifs is 1. The van der Waals surface area contributed by atoms with Crippen molar-refractivity contribution in [3.8, 4) is 17.8 Å². The Kier molecular flexibility index (Phi) is 5.34. The van der Waals surface area contributed by atoms with Gasteiger partial charge in [0.25, 0.3) is 0 Å². The zero-order chi connectivity index (χ0) is 23.3. The summed E-state index contributed by atoms with van der Waals surface area (Å²) in [6, 6.07) is 12.0. The van der Waals surface area contributed by atoms with Gasteiger partial charge in [-0.25, -0.2) is 4.98 Å². The first kappa shape index (κ1) is 21.7. The molecule has 0 radical (unpaired) electrons. The minimum absolute atomic E-state index is 0.142. The molecule has 1 aromatic carbocycles.